The Hall–Kier alpha value is -2.39. The lowest BCUT2D eigenvalue weighted by atomic mass is 9.67. The Bertz CT molecular complexity index is 1120. The van der Waals surface area contributed by atoms with Crippen molar-refractivity contribution in [2.24, 2.45) is 11.8 Å². The molecular weight excluding hydrogens is 476 g/mol. The minimum Gasteiger partial charge on any atom is -0.493 e. The third-order valence-corrected chi connectivity index (χ3v) is 10.8. The fourth-order valence-electron chi connectivity index (χ4n) is 5.75. The molecule has 3 heterocycles. The van der Waals surface area contributed by atoms with E-state index in [9.17, 15) is 4.79 Å². The summed E-state index contributed by atoms with van der Waals surface area (Å²) in [6.07, 6.45) is 1.15. The van der Waals surface area contributed by atoms with E-state index >= 15 is 0 Å². The van der Waals surface area contributed by atoms with Gasteiger partial charge in [-0.1, -0.05) is 0 Å². The van der Waals surface area contributed by atoms with Crippen LogP contribution in [0.2, 0.25) is 0 Å². The normalized spacial score (nSPS) is 26.0. The van der Waals surface area contributed by atoms with Crippen molar-refractivity contribution < 1.29 is 33.2 Å². The molecule has 2 aromatic rings. The number of hydrogen-bond donors (Lipinski definition) is 0. The summed E-state index contributed by atoms with van der Waals surface area (Å²) < 4.78 is 33.9. The van der Waals surface area contributed by atoms with Crippen LogP contribution in [0, 0.1) is 11.8 Å². The number of hydrogen-bond acceptors (Lipinski definition) is 9. The zero-order valence-electron chi connectivity index (χ0n) is 19.3. The summed E-state index contributed by atoms with van der Waals surface area (Å²) in [7, 11) is 4.79. The third kappa shape index (κ3) is 3.09. The van der Waals surface area contributed by atoms with Crippen LogP contribution in [0.15, 0.2) is 24.3 Å². The van der Waals surface area contributed by atoms with Gasteiger partial charge in [0.1, 0.15) is 0 Å². The lowest BCUT2D eigenvalue weighted by molar-refractivity contribution is -0.141. The van der Waals surface area contributed by atoms with Crippen molar-refractivity contribution in [3.05, 3.63) is 41.0 Å². The molecule has 3 unspecified atom stereocenters. The third-order valence-electron chi connectivity index (χ3n) is 7.18. The predicted octanol–water partition coefficient (Wildman–Crippen LogP) is 4.40. The van der Waals surface area contributed by atoms with E-state index in [2.05, 4.69) is 12.1 Å². The molecule has 1 spiro atoms. The van der Waals surface area contributed by atoms with Crippen LogP contribution in [0.25, 0.3) is 0 Å². The van der Waals surface area contributed by atoms with Gasteiger partial charge in [-0.05, 0) is 58.9 Å². The number of methoxy groups -OCH3 is 3. The highest BCUT2D eigenvalue weighted by atomic mass is 32.2. The summed E-state index contributed by atoms with van der Waals surface area (Å²) in [5.74, 6) is 4.52. The zero-order valence-corrected chi connectivity index (χ0v) is 20.9. The van der Waals surface area contributed by atoms with Crippen molar-refractivity contribution in [1.82, 2.24) is 0 Å². The molecule has 2 fully saturated rings. The van der Waals surface area contributed by atoms with Crippen molar-refractivity contribution in [2.75, 3.05) is 46.2 Å². The number of carbonyl (C=O) groups is 1. The Morgan fingerprint density at radius 2 is 1.59 bits per heavy atom. The molecule has 4 aliphatic rings. The van der Waals surface area contributed by atoms with E-state index in [0.29, 0.717) is 29.6 Å². The molecule has 2 aromatic carbocycles. The lowest BCUT2D eigenvalue weighted by Gasteiger charge is -2.49. The molecule has 0 N–H and O–H groups in total. The Morgan fingerprint density at radius 1 is 0.912 bits per heavy atom. The number of thioether (sulfide) groups is 2. The Labute approximate surface area is 206 Å². The molecule has 6 rings (SSSR count). The summed E-state index contributed by atoms with van der Waals surface area (Å²) in [6.45, 7) is 0.619. The highest BCUT2D eigenvalue weighted by Crippen LogP contribution is 2.66. The summed E-state index contributed by atoms with van der Waals surface area (Å²) in [6, 6.07) is 8.09. The van der Waals surface area contributed by atoms with Gasteiger partial charge in [-0.2, -0.15) is 0 Å². The molecule has 7 nitrogen and oxygen atoms in total. The highest BCUT2D eigenvalue weighted by Gasteiger charge is 2.60. The molecular formula is C25H26O7S2. The molecule has 3 aliphatic heterocycles. The first-order valence-corrected chi connectivity index (χ1v) is 13.3. The van der Waals surface area contributed by atoms with Crippen LogP contribution in [-0.4, -0.2) is 52.2 Å². The molecule has 2 saturated heterocycles. The van der Waals surface area contributed by atoms with E-state index in [-0.39, 0.29) is 34.6 Å². The quantitative estimate of drug-likeness (QED) is 0.566. The summed E-state index contributed by atoms with van der Waals surface area (Å²) >= 11 is 3.87. The van der Waals surface area contributed by atoms with E-state index in [4.69, 9.17) is 28.4 Å². The number of fused-ring (bicyclic) bond motifs is 5. The second kappa shape index (κ2) is 8.37. The molecule has 180 valence electrons. The van der Waals surface area contributed by atoms with Gasteiger partial charge in [0.25, 0.3) is 0 Å². The van der Waals surface area contributed by atoms with Crippen molar-refractivity contribution in [3.63, 3.8) is 0 Å². The first kappa shape index (κ1) is 22.1. The minimum absolute atomic E-state index is 0.0345. The number of carbonyl (C=O) groups excluding carboxylic acids is 1. The molecule has 1 aliphatic carbocycles. The predicted molar refractivity (Wildman–Crippen MR) is 130 cm³/mol. The van der Waals surface area contributed by atoms with Gasteiger partial charge in [0.15, 0.2) is 23.0 Å². The van der Waals surface area contributed by atoms with Gasteiger partial charge in [0, 0.05) is 11.8 Å². The minimum atomic E-state index is -0.325. The fourth-order valence-corrected chi connectivity index (χ4v) is 9.47. The number of ether oxygens (including phenoxy) is 6. The first-order valence-electron chi connectivity index (χ1n) is 11.3. The summed E-state index contributed by atoms with van der Waals surface area (Å²) in [4.78, 5) is 13.3. The molecule has 34 heavy (non-hydrogen) atoms. The number of cyclic esters (lactones) is 1. The van der Waals surface area contributed by atoms with Gasteiger partial charge in [-0.15, -0.1) is 23.5 Å². The van der Waals surface area contributed by atoms with E-state index in [1.807, 2.05) is 35.7 Å². The lowest BCUT2D eigenvalue weighted by Crippen LogP contribution is -2.44. The van der Waals surface area contributed by atoms with Crippen LogP contribution in [0.4, 0.5) is 0 Å². The van der Waals surface area contributed by atoms with Crippen LogP contribution in [0.1, 0.15) is 29.0 Å². The Morgan fingerprint density at radius 3 is 2.24 bits per heavy atom. The molecule has 0 aromatic heterocycles. The van der Waals surface area contributed by atoms with Crippen molar-refractivity contribution >= 4 is 29.5 Å². The van der Waals surface area contributed by atoms with Gasteiger partial charge >= 0.3 is 5.97 Å². The van der Waals surface area contributed by atoms with Gasteiger partial charge in [-0.3, -0.25) is 4.79 Å². The number of rotatable bonds is 4. The van der Waals surface area contributed by atoms with Gasteiger partial charge in [0.2, 0.25) is 12.5 Å². The maximum atomic E-state index is 13.3. The van der Waals surface area contributed by atoms with E-state index in [1.165, 1.54) is 5.56 Å². The van der Waals surface area contributed by atoms with Gasteiger partial charge < -0.3 is 28.4 Å². The van der Waals surface area contributed by atoms with Gasteiger partial charge in [-0.25, -0.2) is 0 Å². The average molecular weight is 503 g/mol. The molecule has 9 heteroatoms. The largest absolute Gasteiger partial charge is 0.493 e. The maximum Gasteiger partial charge on any atom is 0.310 e. The SMILES string of the molecule is COc1cc(C2c3cc4c(cc3C3(SCCCS3)C3COC(=O)C23)OCO4)cc(OC)c1OC. The van der Waals surface area contributed by atoms with Crippen LogP contribution < -0.4 is 23.7 Å². The second-order valence-electron chi connectivity index (χ2n) is 8.71. The van der Waals surface area contributed by atoms with Crippen molar-refractivity contribution in [3.8, 4) is 28.7 Å². The van der Waals surface area contributed by atoms with Crippen LogP contribution in [-0.2, 0) is 13.6 Å². The Balaban J connectivity index is 1.61. The Kier molecular flexibility index (Phi) is 5.44. The molecule has 3 atom stereocenters. The van der Waals surface area contributed by atoms with Crippen molar-refractivity contribution in [2.45, 2.75) is 16.4 Å². The topological polar surface area (TPSA) is 72.5 Å². The monoisotopic (exact) mass is 502 g/mol. The average Bonchev–Trinajstić information content (AvgIpc) is 3.50. The van der Waals surface area contributed by atoms with Gasteiger partial charge in [0.05, 0.1) is 37.9 Å². The van der Waals surface area contributed by atoms with Crippen LogP contribution >= 0.6 is 23.5 Å². The van der Waals surface area contributed by atoms with Crippen LogP contribution in [0.3, 0.4) is 0 Å². The molecule has 0 amide bonds. The first-order chi connectivity index (χ1) is 16.6. The van der Waals surface area contributed by atoms with E-state index in [0.717, 1.165) is 34.8 Å². The van der Waals surface area contributed by atoms with Crippen LogP contribution in [0.5, 0.6) is 28.7 Å². The summed E-state index contributed by atoms with van der Waals surface area (Å²) in [5, 5.41) is 0. The van der Waals surface area contributed by atoms with E-state index in [1.54, 1.807) is 21.3 Å². The zero-order chi connectivity index (χ0) is 23.4. The smallest absolute Gasteiger partial charge is 0.310 e. The second-order valence-corrected chi connectivity index (χ2v) is 11.6. The van der Waals surface area contributed by atoms with Crippen molar-refractivity contribution in [1.29, 1.82) is 0 Å². The standard InChI is InChI=1S/C25H26O7S2/c1-27-19-7-13(8-20(28-2)23(19)29-3)21-14-9-17-18(32-12-31-17)10-15(14)25(33-5-4-6-34-25)16-11-30-24(26)22(16)21/h7-10,16,21-22H,4-6,11-12H2,1-3H3. The fraction of sp³-hybridized carbons (Fsp3) is 0.480. The highest BCUT2D eigenvalue weighted by molar-refractivity contribution is 8.18. The number of benzene rings is 2. The molecule has 0 saturated carbocycles. The van der Waals surface area contributed by atoms with E-state index < -0.39 is 0 Å². The number of esters is 1. The summed E-state index contributed by atoms with van der Waals surface area (Å²) in [5.41, 5.74) is 3.19. The molecule has 0 radical (unpaired) electrons. The molecule has 0 bridgehead atoms. The maximum absolute atomic E-state index is 13.3.